The van der Waals surface area contributed by atoms with Gasteiger partial charge in [0.15, 0.2) is 35.1 Å². The summed E-state index contributed by atoms with van der Waals surface area (Å²) in [5.74, 6) is -8.73. The molecule has 0 amide bonds. The second-order valence-corrected chi connectivity index (χ2v) is 14.2. The molecule has 0 radical (unpaired) electrons. The highest BCUT2D eigenvalue weighted by Gasteiger charge is 2.59. The number of benzene rings is 2. The van der Waals surface area contributed by atoms with Crippen LogP contribution in [0.3, 0.4) is 0 Å². The lowest BCUT2D eigenvalue weighted by Gasteiger charge is -2.47. The largest absolute Gasteiger partial charge is 0.507 e. The van der Waals surface area contributed by atoms with Gasteiger partial charge in [0, 0.05) is 48.8 Å². The number of ether oxygens (including phenoxy) is 4. The van der Waals surface area contributed by atoms with E-state index >= 15 is 0 Å². The van der Waals surface area contributed by atoms with Crippen LogP contribution in [0.15, 0.2) is 68.5 Å². The first-order chi connectivity index (χ1) is 28.3. The molecule has 17 N–H and O–H groups in total. The van der Waals surface area contributed by atoms with Crippen LogP contribution >= 0.6 is 0 Å². The molecule has 23 heteroatoms. The van der Waals surface area contributed by atoms with Gasteiger partial charge in [-0.1, -0.05) is 6.08 Å². The Morgan fingerprint density at radius 3 is 2.28 bits per heavy atom. The van der Waals surface area contributed by atoms with Gasteiger partial charge in [0.25, 0.3) is 0 Å². The molecule has 3 aliphatic heterocycles. The fourth-order valence-corrected chi connectivity index (χ4v) is 6.81. The maximum atomic E-state index is 13.9. The van der Waals surface area contributed by atoms with Crippen LogP contribution in [0.5, 0.6) is 23.0 Å². The number of carboxylic acids is 1. The third kappa shape index (κ3) is 8.65. The van der Waals surface area contributed by atoms with E-state index in [2.05, 4.69) is 10.3 Å². The van der Waals surface area contributed by atoms with E-state index in [0.29, 0.717) is 5.57 Å². The van der Waals surface area contributed by atoms with Gasteiger partial charge in [-0.25, -0.2) is 9.59 Å². The van der Waals surface area contributed by atoms with Gasteiger partial charge in [0.1, 0.15) is 64.9 Å². The zero-order chi connectivity index (χ0) is 43.8. The van der Waals surface area contributed by atoms with E-state index < -0.39 is 108 Å². The number of aliphatic hydroxyl groups is 6. The van der Waals surface area contributed by atoms with Gasteiger partial charge in [-0.05, 0) is 36.3 Å². The first-order valence-corrected chi connectivity index (χ1v) is 18.1. The molecule has 0 spiro atoms. The van der Waals surface area contributed by atoms with Crippen molar-refractivity contribution in [3.8, 4) is 34.3 Å². The van der Waals surface area contributed by atoms with Gasteiger partial charge in [-0.15, -0.1) is 0 Å². The number of rotatable bonds is 12. The van der Waals surface area contributed by atoms with Crippen LogP contribution in [0.1, 0.15) is 18.4 Å². The van der Waals surface area contributed by atoms with Crippen molar-refractivity contribution < 1.29 is 84.0 Å². The van der Waals surface area contributed by atoms with E-state index in [9.17, 15) is 65.4 Å². The summed E-state index contributed by atoms with van der Waals surface area (Å²) in [6, 6.07) is 5.74. The number of fused-ring (bicyclic) bond motifs is 1. The molecular formula is C37H43N5O18. The topological polar surface area (TPSA) is 406 Å². The highest BCUT2D eigenvalue weighted by molar-refractivity contribution is 5.88. The Morgan fingerprint density at radius 1 is 0.917 bits per heavy atom. The molecule has 2 aromatic carbocycles. The standard InChI is InChI=1S/C37H43N5O18/c38-22-5-2-13(12-42-22)8-15-20(11-21-23(24(15)46)18(45)10-19(56-21)14-3-4-16(43)17(44)9-14)57-35-29(51)25(47)26(48)31(58-35)34(55)60-37(6-1-7-41-36(39)40)32(52)28(50)27(49)30(59-37)33(53)54/h2-5,9-12,22,25-32,35,42-44,46-52H,1,6-8,38H2,(H,53,54)(H4,39,40,41). The van der Waals surface area contributed by atoms with Gasteiger partial charge in [-0.2, -0.15) is 0 Å². The number of aliphatic imine (C=N–C) groups is 1. The van der Waals surface area contributed by atoms with E-state index in [4.69, 9.17) is 40.6 Å². The van der Waals surface area contributed by atoms with Crippen molar-refractivity contribution in [1.82, 2.24) is 5.32 Å². The SMILES string of the molecule is NC(N)=NCCCC1(OC(=O)C2OC(Oc3cc4oc(-c5ccc(O)c(O)c5)cc(=O)c4c(O)c3CC3=CNC(N)C=C3)C(O)C(O)C2O)OC(C(=O)O)C(O)C(O)C1O. The summed E-state index contributed by atoms with van der Waals surface area (Å²) in [4.78, 5) is 43.1. The number of carbonyl (C=O) groups is 2. The maximum absolute atomic E-state index is 13.9. The number of aliphatic carboxylic acids is 1. The number of hydrogen-bond donors (Lipinski definition) is 14. The molecule has 2 saturated heterocycles. The van der Waals surface area contributed by atoms with Gasteiger partial charge in [0.2, 0.25) is 12.1 Å². The normalized spacial score (nSPS) is 30.2. The first-order valence-electron chi connectivity index (χ1n) is 18.1. The average molecular weight is 846 g/mol. The van der Waals surface area contributed by atoms with Crippen LogP contribution in [0.2, 0.25) is 0 Å². The smallest absolute Gasteiger partial charge is 0.340 e. The molecule has 2 fully saturated rings. The van der Waals surface area contributed by atoms with E-state index in [0.717, 1.165) is 24.3 Å². The number of aliphatic hydroxyl groups excluding tert-OH is 6. The van der Waals surface area contributed by atoms with Gasteiger partial charge >= 0.3 is 11.9 Å². The molecule has 4 heterocycles. The van der Waals surface area contributed by atoms with Gasteiger partial charge in [0.05, 0.1) is 6.17 Å². The molecule has 23 nitrogen and oxygen atoms in total. The summed E-state index contributed by atoms with van der Waals surface area (Å²) < 4.78 is 28.4. The van der Waals surface area contributed by atoms with Crippen molar-refractivity contribution in [2.75, 3.05) is 6.54 Å². The lowest BCUT2D eigenvalue weighted by molar-refractivity contribution is -0.353. The molecule has 324 valence electrons. The highest BCUT2D eigenvalue weighted by Crippen LogP contribution is 2.41. The number of dihydropyridines is 1. The number of nitrogens with zero attached hydrogens (tertiary/aromatic N) is 1. The van der Waals surface area contributed by atoms with E-state index in [-0.39, 0.29) is 59.0 Å². The summed E-state index contributed by atoms with van der Waals surface area (Å²) in [5.41, 5.74) is 16.0. The number of allylic oxidation sites excluding steroid dienone is 2. The Bertz CT molecular complexity index is 2280. The zero-order valence-corrected chi connectivity index (χ0v) is 31.1. The van der Waals surface area contributed by atoms with Crippen molar-refractivity contribution in [3.05, 3.63) is 70.0 Å². The zero-order valence-electron chi connectivity index (χ0n) is 31.1. The maximum Gasteiger partial charge on any atom is 0.340 e. The molecule has 3 aromatic rings. The molecule has 11 unspecified atom stereocenters. The summed E-state index contributed by atoms with van der Waals surface area (Å²) in [6.45, 7) is -0.188. The minimum Gasteiger partial charge on any atom is -0.507 e. The highest BCUT2D eigenvalue weighted by atomic mass is 16.8. The number of hydrogen-bond acceptors (Lipinski definition) is 20. The minimum atomic E-state index is -2.77. The fourth-order valence-electron chi connectivity index (χ4n) is 6.81. The third-order valence-corrected chi connectivity index (χ3v) is 9.98. The molecule has 6 rings (SSSR count). The summed E-state index contributed by atoms with van der Waals surface area (Å²) in [7, 11) is 0. The summed E-state index contributed by atoms with van der Waals surface area (Å²) in [6.07, 6.45) is -17.0. The fraction of sp³-hybridized carbons (Fsp3) is 0.405. The van der Waals surface area contributed by atoms with E-state index in [1.165, 1.54) is 12.3 Å². The molecule has 1 aromatic heterocycles. The molecule has 3 aliphatic rings. The molecule has 0 bridgehead atoms. The summed E-state index contributed by atoms with van der Waals surface area (Å²) in [5, 5.41) is 109. The van der Waals surface area contributed by atoms with Crippen LogP contribution in [0.25, 0.3) is 22.3 Å². The number of aromatic hydroxyl groups is 3. The number of nitrogens with two attached hydrogens (primary N) is 3. The number of phenols is 3. The average Bonchev–Trinajstić information content (AvgIpc) is 3.19. The van der Waals surface area contributed by atoms with Crippen molar-refractivity contribution in [1.29, 1.82) is 0 Å². The summed E-state index contributed by atoms with van der Waals surface area (Å²) >= 11 is 0. The molecule has 60 heavy (non-hydrogen) atoms. The number of phenolic OH excluding ortho intramolecular Hbond substituents is 3. The van der Waals surface area contributed by atoms with Crippen molar-refractivity contribution in [2.24, 2.45) is 22.2 Å². The second-order valence-electron chi connectivity index (χ2n) is 14.2. The lowest BCUT2D eigenvalue weighted by Crippen LogP contribution is -2.68. The Hall–Kier alpha value is -6.02. The minimum absolute atomic E-state index is 0.112. The Morgan fingerprint density at radius 2 is 1.63 bits per heavy atom. The quantitative estimate of drug-likeness (QED) is 0.0276. The van der Waals surface area contributed by atoms with Crippen LogP contribution in [-0.4, -0.2) is 143 Å². The van der Waals surface area contributed by atoms with E-state index in [1.54, 1.807) is 12.2 Å². The van der Waals surface area contributed by atoms with Crippen molar-refractivity contribution in [3.63, 3.8) is 0 Å². The lowest BCUT2D eigenvalue weighted by atomic mass is 9.89. The Labute approximate surface area is 337 Å². The number of carboxylic acid groups (broad SMARTS) is 1. The monoisotopic (exact) mass is 845 g/mol. The number of carbonyl (C=O) groups excluding carboxylic acids is 1. The molecule has 0 aliphatic carbocycles. The van der Waals surface area contributed by atoms with E-state index in [1.807, 2.05) is 0 Å². The third-order valence-electron chi connectivity index (χ3n) is 9.98. The molecule has 0 saturated carbocycles. The number of nitrogens with one attached hydrogen (secondary N) is 1. The van der Waals surface area contributed by atoms with Crippen molar-refractivity contribution >= 4 is 28.9 Å². The van der Waals surface area contributed by atoms with Crippen LogP contribution in [0, 0.1) is 0 Å². The molecule has 11 atom stereocenters. The predicted octanol–water partition coefficient (Wildman–Crippen LogP) is -3.51. The molecular weight excluding hydrogens is 802 g/mol. The predicted molar refractivity (Wildman–Crippen MR) is 202 cm³/mol. The van der Waals surface area contributed by atoms with Gasteiger partial charge in [-0.3, -0.25) is 9.79 Å². The van der Waals surface area contributed by atoms with Gasteiger partial charge < -0.3 is 96.9 Å². The second kappa shape index (κ2) is 17.3. The first kappa shape index (κ1) is 43.6. The Balaban J connectivity index is 1.37. The van der Waals surface area contributed by atoms with Crippen LogP contribution in [-0.2, 0) is 30.2 Å². The number of esters is 1. The van der Waals surface area contributed by atoms with Crippen LogP contribution in [0.4, 0.5) is 0 Å². The Kier molecular flexibility index (Phi) is 12.6. The van der Waals surface area contributed by atoms with Crippen molar-refractivity contribution in [2.45, 2.75) is 86.3 Å². The number of guanidine groups is 1. The van der Waals surface area contributed by atoms with Crippen LogP contribution < -0.4 is 32.7 Å².